The Hall–Kier alpha value is -2.01. The van der Waals surface area contributed by atoms with Crippen LogP contribution in [0.25, 0.3) is 0 Å². The lowest BCUT2D eigenvalue weighted by Crippen LogP contribution is -2.41. The fourth-order valence-corrected chi connectivity index (χ4v) is 1.57. The molecular weight excluding hydrogens is 256 g/mol. The Balaban J connectivity index is 2.84. The van der Waals surface area contributed by atoms with Crippen molar-refractivity contribution in [3.63, 3.8) is 0 Å². The molecule has 2 amide bonds. The molecule has 0 unspecified atom stereocenters. The molecule has 1 aromatic rings. The number of rotatable bonds is 5. The van der Waals surface area contributed by atoms with Gasteiger partial charge >= 0.3 is 12.0 Å². The van der Waals surface area contributed by atoms with Crippen molar-refractivity contribution in [2.24, 2.45) is 0 Å². The van der Waals surface area contributed by atoms with Crippen molar-refractivity contribution in [2.75, 3.05) is 6.54 Å². The van der Waals surface area contributed by atoms with Gasteiger partial charge in [-0.15, -0.1) is 6.58 Å². The number of aliphatic carboxylic acids is 1. The maximum Gasteiger partial charge on any atom is 0.331 e. The number of carboxylic acid groups (broad SMARTS) is 1. The molecule has 1 atom stereocenters. The molecule has 0 bridgehead atoms. The number of halogens is 1. The largest absolute Gasteiger partial charge is 0.479 e. The number of benzene rings is 1. The van der Waals surface area contributed by atoms with Gasteiger partial charge < -0.3 is 15.7 Å². The Labute approximate surface area is 109 Å². The van der Waals surface area contributed by atoms with Crippen molar-refractivity contribution in [3.05, 3.63) is 47.5 Å². The first-order valence-electron chi connectivity index (χ1n) is 5.18. The predicted molar refractivity (Wildman–Crippen MR) is 68.6 cm³/mol. The maximum atomic E-state index is 11.4. The van der Waals surface area contributed by atoms with Gasteiger partial charge in [0.15, 0.2) is 6.04 Å². The van der Waals surface area contributed by atoms with Gasteiger partial charge in [0.2, 0.25) is 0 Å². The van der Waals surface area contributed by atoms with Crippen LogP contribution in [0, 0.1) is 0 Å². The minimum Gasteiger partial charge on any atom is -0.479 e. The molecule has 0 heterocycles. The molecule has 0 radical (unpaired) electrons. The zero-order valence-corrected chi connectivity index (χ0v) is 10.3. The van der Waals surface area contributed by atoms with Gasteiger partial charge in [-0.05, 0) is 6.07 Å². The highest BCUT2D eigenvalue weighted by atomic mass is 35.5. The predicted octanol–water partition coefficient (Wildman–Crippen LogP) is 1.95. The lowest BCUT2D eigenvalue weighted by molar-refractivity contribution is -0.139. The maximum absolute atomic E-state index is 11.4. The second-order valence-corrected chi connectivity index (χ2v) is 3.84. The average Bonchev–Trinajstić information content (AvgIpc) is 2.34. The van der Waals surface area contributed by atoms with Crippen LogP contribution in [-0.2, 0) is 4.79 Å². The third-order valence-corrected chi connectivity index (χ3v) is 2.49. The first kappa shape index (κ1) is 14.1. The topological polar surface area (TPSA) is 78.4 Å². The molecule has 0 aromatic heterocycles. The molecule has 0 aliphatic carbocycles. The SMILES string of the molecule is C=CCNC(=O)N[C@@H](C(=O)O)c1ccccc1Cl. The molecule has 5 nitrogen and oxygen atoms in total. The Morgan fingerprint density at radius 2 is 2.11 bits per heavy atom. The normalized spacial score (nSPS) is 11.4. The summed E-state index contributed by atoms with van der Waals surface area (Å²) >= 11 is 5.90. The molecule has 0 aliphatic rings. The van der Waals surface area contributed by atoms with Gasteiger partial charge in [0.1, 0.15) is 0 Å². The van der Waals surface area contributed by atoms with E-state index in [4.69, 9.17) is 16.7 Å². The van der Waals surface area contributed by atoms with Gasteiger partial charge in [0.25, 0.3) is 0 Å². The van der Waals surface area contributed by atoms with Gasteiger partial charge in [0, 0.05) is 17.1 Å². The Morgan fingerprint density at radius 3 is 2.67 bits per heavy atom. The van der Waals surface area contributed by atoms with Crippen LogP contribution in [0.1, 0.15) is 11.6 Å². The summed E-state index contributed by atoms with van der Waals surface area (Å²) in [7, 11) is 0. The molecule has 0 aliphatic heterocycles. The van der Waals surface area contributed by atoms with Gasteiger partial charge in [-0.3, -0.25) is 0 Å². The van der Waals surface area contributed by atoms with Gasteiger partial charge in [-0.25, -0.2) is 9.59 Å². The third kappa shape index (κ3) is 3.78. The summed E-state index contributed by atoms with van der Waals surface area (Å²) in [6.07, 6.45) is 1.49. The minimum atomic E-state index is -1.19. The highest BCUT2D eigenvalue weighted by molar-refractivity contribution is 6.31. The van der Waals surface area contributed by atoms with Crippen LogP contribution in [0.3, 0.4) is 0 Å². The number of carbonyl (C=O) groups is 2. The highest BCUT2D eigenvalue weighted by Gasteiger charge is 2.23. The zero-order valence-electron chi connectivity index (χ0n) is 9.52. The monoisotopic (exact) mass is 268 g/mol. The van der Waals surface area contributed by atoms with Gasteiger partial charge in [0.05, 0.1) is 0 Å². The third-order valence-electron chi connectivity index (χ3n) is 2.15. The van der Waals surface area contributed by atoms with Crippen LogP contribution < -0.4 is 10.6 Å². The summed E-state index contributed by atoms with van der Waals surface area (Å²) in [6, 6.07) is 4.67. The smallest absolute Gasteiger partial charge is 0.331 e. The van der Waals surface area contributed by atoms with Crippen molar-refractivity contribution >= 4 is 23.6 Å². The number of hydrogen-bond donors (Lipinski definition) is 3. The molecule has 6 heteroatoms. The molecule has 0 saturated carbocycles. The van der Waals surface area contributed by atoms with E-state index in [1.165, 1.54) is 6.08 Å². The van der Waals surface area contributed by atoms with Crippen molar-refractivity contribution in [1.82, 2.24) is 10.6 Å². The van der Waals surface area contributed by atoms with E-state index in [9.17, 15) is 9.59 Å². The van der Waals surface area contributed by atoms with E-state index in [0.29, 0.717) is 5.56 Å². The molecule has 0 fully saturated rings. The number of urea groups is 1. The van der Waals surface area contributed by atoms with E-state index >= 15 is 0 Å². The molecule has 96 valence electrons. The number of carbonyl (C=O) groups excluding carboxylic acids is 1. The molecular formula is C12H13ClN2O3. The van der Waals surface area contributed by atoms with Crippen LogP contribution in [0.15, 0.2) is 36.9 Å². The first-order chi connectivity index (χ1) is 8.56. The van der Waals surface area contributed by atoms with E-state index in [1.54, 1.807) is 24.3 Å². The van der Waals surface area contributed by atoms with Gasteiger partial charge in [-0.1, -0.05) is 35.9 Å². The summed E-state index contributed by atoms with van der Waals surface area (Å²) in [5, 5.41) is 14.1. The number of amides is 2. The summed E-state index contributed by atoms with van der Waals surface area (Å²) in [5.41, 5.74) is 0.334. The van der Waals surface area contributed by atoms with E-state index in [2.05, 4.69) is 17.2 Å². The van der Waals surface area contributed by atoms with Crippen LogP contribution >= 0.6 is 11.6 Å². The van der Waals surface area contributed by atoms with E-state index in [-0.39, 0.29) is 11.6 Å². The summed E-state index contributed by atoms with van der Waals surface area (Å²) in [4.78, 5) is 22.6. The molecule has 1 aromatic carbocycles. The number of carboxylic acids is 1. The van der Waals surface area contributed by atoms with Crippen molar-refractivity contribution in [3.8, 4) is 0 Å². The van der Waals surface area contributed by atoms with Gasteiger partial charge in [-0.2, -0.15) is 0 Å². The standard InChI is InChI=1S/C12H13ClN2O3/c1-2-7-14-12(18)15-10(11(16)17)8-5-3-4-6-9(8)13/h2-6,10H,1,7H2,(H,16,17)(H2,14,15,18)/t10-/m1/s1. The summed E-state index contributed by atoms with van der Waals surface area (Å²) < 4.78 is 0. The van der Waals surface area contributed by atoms with E-state index in [1.807, 2.05) is 0 Å². The minimum absolute atomic E-state index is 0.251. The highest BCUT2D eigenvalue weighted by Crippen LogP contribution is 2.22. The Bertz CT molecular complexity index is 462. The van der Waals surface area contributed by atoms with Crippen molar-refractivity contribution in [2.45, 2.75) is 6.04 Å². The lowest BCUT2D eigenvalue weighted by Gasteiger charge is -2.16. The van der Waals surface area contributed by atoms with Crippen molar-refractivity contribution in [1.29, 1.82) is 0 Å². The van der Waals surface area contributed by atoms with Crippen molar-refractivity contribution < 1.29 is 14.7 Å². The van der Waals surface area contributed by atoms with Crippen LogP contribution in [-0.4, -0.2) is 23.7 Å². The lowest BCUT2D eigenvalue weighted by atomic mass is 10.1. The quantitative estimate of drug-likeness (QED) is 0.714. The first-order valence-corrected chi connectivity index (χ1v) is 5.56. The second-order valence-electron chi connectivity index (χ2n) is 3.44. The summed E-state index contributed by atoms with van der Waals surface area (Å²) in [5.74, 6) is -1.18. The molecule has 0 saturated heterocycles. The van der Waals surface area contributed by atoms with E-state index < -0.39 is 18.0 Å². The molecule has 0 spiro atoms. The number of hydrogen-bond acceptors (Lipinski definition) is 2. The van der Waals surface area contributed by atoms with E-state index in [0.717, 1.165) is 0 Å². The number of nitrogens with one attached hydrogen (secondary N) is 2. The Morgan fingerprint density at radius 1 is 1.44 bits per heavy atom. The zero-order chi connectivity index (χ0) is 13.5. The fourth-order valence-electron chi connectivity index (χ4n) is 1.33. The van der Waals surface area contributed by atoms with Crippen LogP contribution in [0.2, 0.25) is 5.02 Å². The second kappa shape index (κ2) is 6.66. The summed E-state index contributed by atoms with van der Waals surface area (Å²) in [6.45, 7) is 3.69. The molecule has 1 rings (SSSR count). The van der Waals surface area contributed by atoms with Crippen LogP contribution in [0.5, 0.6) is 0 Å². The Kier molecular flexibility index (Phi) is 5.20. The van der Waals surface area contributed by atoms with Crippen LogP contribution in [0.4, 0.5) is 4.79 Å². The average molecular weight is 269 g/mol. The molecule has 3 N–H and O–H groups in total. The fraction of sp³-hybridized carbons (Fsp3) is 0.167. The molecule has 18 heavy (non-hydrogen) atoms.